The van der Waals surface area contributed by atoms with Gasteiger partial charge in [-0.25, -0.2) is 4.79 Å². The number of imide groups is 1. The second kappa shape index (κ2) is 2.65. The lowest BCUT2D eigenvalue weighted by atomic mass is 10.5. The third kappa shape index (κ3) is 1.55. The lowest BCUT2D eigenvalue weighted by Crippen LogP contribution is -2.37. The van der Waals surface area contributed by atoms with Crippen molar-refractivity contribution in [3.63, 3.8) is 0 Å². The van der Waals surface area contributed by atoms with Crippen molar-refractivity contribution in [3.8, 4) is 0 Å². The van der Waals surface area contributed by atoms with Crippen LogP contribution in [0.5, 0.6) is 0 Å². The van der Waals surface area contributed by atoms with Gasteiger partial charge in [0.2, 0.25) is 0 Å². The minimum Gasteiger partial charge on any atom is -0.314 e. The molecule has 6 heteroatoms. The molecule has 5 nitrogen and oxygen atoms in total. The maximum Gasteiger partial charge on any atom is 0.323 e. The number of carbonyl (C=O) groups is 2. The first-order valence-electron chi connectivity index (χ1n) is 2.07. The number of hydrogen-bond donors (Lipinski definition) is 3. The van der Waals surface area contributed by atoms with E-state index in [0.717, 1.165) is 0 Å². The summed E-state index contributed by atoms with van der Waals surface area (Å²) in [5, 5.41) is 4.10. The third-order valence-corrected chi connectivity index (χ3v) is 0.806. The first-order valence-corrected chi connectivity index (χ1v) is 2.07. The van der Waals surface area contributed by atoms with Gasteiger partial charge in [-0.3, -0.25) is 10.1 Å². The molecule has 52 valence electrons. The van der Waals surface area contributed by atoms with E-state index in [-0.39, 0.29) is 12.4 Å². The maximum atomic E-state index is 10.3. The lowest BCUT2D eigenvalue weighted by molar-refractivity contribution is -0.120. The average molecular weight is 152 g/mol. The first kappa shape index (κ1) is 8.19. The molecule has 0 bridgehead atoms. The van der Waals surface area contributed by atoms with E-state index >= 15 is 0 Å². The smallest absolute Gasteiger partial charge is 0.314 e. The number of nitrogens with two attached hydrogens (primary N) is 1. The quantitative estimate of drug-likeness (QED) is 0.370. The van der Waals surface area contributed by atoms with E-state index in [1.807, 2.05) is 5.32 Å². The van der Waals surface area contributed by atoms with Crippen molar-refractivity contribution in [2.75, 3.05) is 0 Å². The monoisotopic (exact) mass is 151 g/mol. The molecule has 1 unspecified atom stereocenters. The summed E-state index contributed by atoms with van der Waals surface area (Å²) in [6.07, 6.45) is -0.859. The SMILES string of the molecule is Cl.NC1NC(=O)NC1=O. The molecule has 1 rings (SSSR count). The summed E-state index contributed by atoms with van der Waals surface area (Å²) < 4.78 is 0. The molecule has 0 radical (unpaired) electrons. The van der Waals surface area contributed by atoms with Crippen molar-refractivity contribution in [3.05, 3.63) is 0 Å². The Labute approximate surface area is 57.4 Å². The normalized spacial score (nSPS) is 24.3. The van der Waals surface area contributed by atoms with Gasteiger partial charge in [-0.15, -0.1) is 12.4 Å². The second-order valence-corrected chi connectivity index (χ2v) is 1.44. The van der Waals surface area contributed by atoms with Gasteiger partial charge in [0.25, 0.3) is 5.91 Å². The topological polar surface area (TPSA) is 84.2 Å². The zero-order chi connectivity index (χ0) is 6.15. The van der Waals surface area contributed by atoms with Crippen molar-refractivity contribution in [2.45, 2.75) is 6.17 Å². The van der Waals surface area contributed by atoms with Crippen LogP contribution in [0.3, 0.4) is 0 Å². The van der Waals surface area contributed by atoms with Gasteiger partial charge >= 0.3 is 6.03 Å². The van der Waals surface area contributed by atoms with Crippen molar-refractivity contribution in [1.82, 2.24) is 10.6 Å². The molecule has 1 atom stereocenters. The maximum absolute atomic E-state index is 10.3. The predicted octanol–water partition coefficient (Wildman–Crippen LogP) is -1.47. The highest BCUT2D eigenvalue weighted by molar-refractivity contribution is 6.03. The van der Waals surface area contributed by atoms with E-state index in [9.17, 15) is 9.59 Å². The van der Waals surface area contributed by atoms with Crippen LogP contribution in [0.1, 0.15) is 0 Å². The molecule has 4 N–H and O–H groups in total. The van der Waals surface area contributed by atoms with Crippen molar-refractivity contribution < 1.29 is 9.59 Å². The highest BCUT2D eigenvalue weighted by atomic mass is 35.5. The fraction of sp³-hybridized carbons (Fsp3) is 0.333. The fourth-order valence-corrected chi connectivity index (χ4v) is 0.433. The number of halogens is 1. The number of urea groups is 1. The summed E-state index contributed by atoms with van der Waals surface area (Å²) in [5.41, 5.74) is 5.02. The van der Waals surface area contributed by atoms with Crippen LogP contribution in [0, 0.1) is 0 Å². The van der Waals surface area contributed by atoms with E-state index in [4.69, 9.17) is 5.73 Å². The van der Waals surface area contributed by atoms with Crippen LogP contribution in [-0.2, 0) is 4.79 Å². The van der Waals surface area contributed by atoms with E-state index in [0.29, 0.717) is 0 Å². The minimum atomic E-state index is -0.859. The summed E-state index contributed by atoms with van der Waals surface area (Å²) >= 11 is 0. The highest BCUT2D eigenvalue weighted by Crippen LogP contribution is 1.81. The molecule has 1 aliphatic rings. The van der Waals surface area contributed by atoms with Gasteiger partial charge in [-0.05, 0) is 0 Å². The molecule has 1 fully saturated rings. The van der Waals surface area contributed by atoms with Crippen LogP contribution in [0.25, 0.3) is 0 Å². The van der Waals surface area contributed by atoms with Crippen LogP contribution >= 0.6 is 12.4 Å². The number of carbonyl (C=O) groups excluding carboxylic acids is 2. The first-order chi connectivity index (χ1) is 3.70. The summed E-state index contributed by atoms with van der Waals surface area (Å²) in [7, 11) is 0. The number of amides is 3. The molecule has 0 aromatic heterocycles. The van der Waals surface area contributed by atoms with E-state index in [1.165, 1.54) is 0 Å². The Balaban J connectivity index is 0.000000640. The van der Waals surface area contributed by atoms with Crippen molar-refractivity contribution in [2.24, 2.45) is 5.73 Å². The Hall–Kier alpha value is -0.810. The van der Waals surface area contributed by atoms with Gasteiger partial charge in [0, 0.05) is 0 Å². The molecule has 0 saturated carbocycles. The molecule has 1 aliphatic heterocycles. The van der Waals surface area contributed by atoms with E-state index in [1.54, 1.807) is 0 Å². The Morgan fingerprint density at radius 3 is 2.11 bits per heavy atom. The van der Waals surface area contributed by atoms with E-state index < -0.39 is 18.1 Å². The molecule has 0 aromatic carbocycles. The lowest BCUT2D eigenvalue weighted by Gasteiger charge is -1.92. The molecule has 9 heavy (non-hydrogen) atoms. The van der Waals surface area contributed by atoms with Crippen molar-refractivity contribution in [1.29, 1.82) is 0 Å². The van der Waals surface area contributed by atoms with Crippen LogP contribution in [0.15, 0.2) is 0 Å². The molecule has 1 heterocycles. The number of nitrogens with one attached hydrogen (secondary N) is 2. The molecule has 0 spiro atoms. The Morgan fingerprint density at radius 1 is 1.44 bits per heavy atom. The fourth-order valence-electron chi connectivity index (χ4n) is 0.433. The van der Waals surface area contributed by atoms with Gasteiger partial charge in [-0.1, -0.05) is 0 Å². The minimum absolute atomic E-state index is 0. The summed E-state index contributed by atoms with van der Waals surface area (Å²) in [6.45, 7) is 0. The summed E-state index contributed by atoms with van der Waals surface area (Å²) in [6, 6.07) is -0.525. The number of rotatable bonds is 0. The Kier molecular flexibility index (Phi) is 2.41. The average Bonchev–Trinajstić information content (AvgIpc) is 1.85. The third-order valence-electron chi connectivity index (χ3n) is 0.806. The number of hydrogen-bond acceptors (Lipinski definition) is 3. The van der Waals surface area contributed by atoms with Crippen LogP contribution in [0.4, 0.5) is 4.79 Å². The van der Waals surface area contributed by atoms with Gasteiger partial charge in [0.15, 0.2) is 6.17 Å². The zero-order valence-electron chi connectivity index (χ0n) is 4.38. The molecule has 0 aromatic rings. The summed E-state index contributed by atoms with van der Waals surface area (Å²) in [5.74, 6) is -0.477. The van der Waals surface area contributed by atoms with Crippen LogP contribution < -0.4 is 16.4 Å². The Morgan fingerprint density at radius 2 is 2.00 bits per heavy atom. The molecule has 1 saturated heterocycles. The highest BCUT2D eigenvalue weighted by Gasteiger charge is 2.24. The zero-order valence-corrected chi connectivity index (χ0v) is 5.20. The summed E-state index contributed by atoms with van der Waals surface area (Å²) in [4.78, 5) is 20.4. The van der Waals surface area contributed by atoms with Gasteiger partial charge in [0.1, 0.15) is 0 Å². The second-order valence-electron chi connectivity index (χ2n) is 1.44. The van der Waals surface area contributed by atoms with E-state index in [2.05, 4.69) is 5.32 Å². The van der Waals surface area contributed by atoms with Gasteiger partial charge in [-0.2, -0.15) is 0 Å². The molecular weight excluding hydrogens is 146 g/mol. The Bertz CT molecular complexity index is 148. The van der Waals surface area contributed by atoms with Crippen LogP contribution in [-0.4, -0.2) is 18.1 Å². The molecule has 0 aliphatic carbocycles. The molecular formula is C3H6ClN3O2. The van der Waals surface area contributed by atoms with Crippen LogP contribution in [0.2, 0.25) is 0 Å². The standard InChI is InChI=1S/C3H5N3O2.ClH/c4-1-2(7)6-3(8)5-1;/h1H,4H2,(H2,5,6,7,8);1H. The predicted molar refractivity (Wildman–Crippen MR) is 31.9 cm³/mol. The van der Waals surface area contributed by atoms with Crippen molar-refractivity contribution >= 4 is 24.3 Å². The largest absolute Gasteiger partial charge is 0.323 e. The van der Waals surface area contributed by atoms with Gasteiger partial charge < -0.3 is 11.1 Å². The molecule has 3 amide bonds. The van der Waals surface area contributed by atoms with Gasteiger partial charge in [0.05, 0.1) is 0 Å².